The Labute approximate surface area is 264 Å². The molecule has 3 aromatic rings. The van der Waals surface area contributed by atoms with Crippen LogP contribution in [0.25, 0.3) is 0 Å². The molecule has 11 nitrogen and oxygen atoms in total. The van der Waals surface area contributed by atoms with Crippen molar-refractivity contribution in [2.75, 3.05) is 33.5 Å². The Kier molecular flexibility index (Phi) is 12.5. The van der Waals surface area contributed by atoms with Crippen LogP contribution in [-0.4, -0.2) is 73.7 Å². The first-order valence-corrected chi connectivity index (χ1v) is 15.0. The maximum atomic E-state index is 13.7. The number of hydrogen-bond acceptors (Lipinski definition) is 10. The second-order valence-electron chi connectivity index (χ2n) is 10.1. The number of imide groups is 1. The summed E-state index contributed by atoms with van der Waals surface area (Å²) in [5, 5.41) is 9.63. The van der Waals surface area contributed by atoms with Crippen LogP contribution in [-0.2, 0) is 46.3 Å². The number of carbonyl (C=O) groups is 3. The Morgan fingerprint density at radius 2 is 1.82 bits per heavy atom. The highest BCUT2D eigenvalue weighted by Crippen LogP contribution is 2.35. The second kappa shape index (κ2) is 16.5. The number of benzene rings is 2. The third kappa shape index (κ3) is 8.76. The molecule has 1 aromatic heterocycles. The molecular weight excluding hydrogens is 638 g/mol. The summed E-state index contributed by atoms with van der Waals surface area (Å²) in [6.07, 6.45) is -2.91. The van der Waals surface area contributed by atoms with E-state index in [1.54, 1.807) is 30.3 Å². The molecule has 1 saturated heterocycles. The zero-order valence-corrected chi connectivity index (χ0v) is 26.1. The number of aliphatic hydroxyl groups excluding tert-OH is 1. The minimum absolute atomic E-state index is 0.0139. The number of rotatable bonds is 16. The third-order valence-corrected chi connectivity index (χ3v) is 7.62. The molecule has 0 saturated carbocycles. The van der Waals surface area contributed by atoms with Gasteiger partial charge in [0.2, 0.25) is 0 Å². The largest absolute Gasteiger partial charge is 0.461 e. The van der Waals surface area contributed by atoms with Gasteiger partial charge in [0, 0.05) is 27.1 Å². The number of aliphatic hydroxyl groups is 1. The van der Waals surface area contributed by atoms with Gasteiger partial charge in [0.25, 0.3) is 5.91 Å². The summed E-state index contributed by atoms with van der Waals surface area (Å²) in [5.41, 5.74) is 1.72. The van der Waals surface area contributed by atoms with Crippen molar-refractivity contribution in [3.8, 4) is 0 Å². The van der Waals surface area contributed by atoms with E-state index in [0.717, 1.165) is 10.5 Å². The first kappa shape index (κ1) is 33.3. The van der Waals surface area contributed by atoms with Crippen LogP contribution in [0.5, 0.6) is 0 Å². The molecule has 2 aromatic carbocycles. The Bertz CT molecular complexity index is 1370. The minimum Gasteiger partial charge on any atom is -0.461 e. The van der Waals surface area contributed by atoms with Crippen molar-refractivity contribution in [2.24, 2.45) is 0 Å². The van der Waals surface area contributed by atoms with Crippen molar-refractivity contribution in [3.63, 3.8) is 0 Å². The molecule has 12 heteroatoms. The molecule has 0 spiro atoms. The molecule has 0 aliphatic carbocycles. The molecule has 1 fully saturated rings. The van der Waals surface area contributed by atoms with Gasteiger partial charge in [-0.2, -0.15) is 0 Å². The Hall–Kier alpha value is -3.55. The van der Waals surface area contributed by atoms with Gasteiger partial charge in [0.05, 0.1) is 24.3 Å². The first-order valence-electron chi connectivity index (χ1n) is 14.2. The van der Waals surface area contributed by atoms with E-state index in [1.807, 2.05) is 36.4 Å². The fourth-order valence-corrected chi connectivity index (χ4v) is 5.26. The predicted octanol–water partition coefficient (Wildman–Crippen LogP) is 4.91. The van der Waals surface area contributed by atoms with E-state index in [2.05, 4.69) is 15.9 Å². The summed E-state index contributed by atoms with van der Waals surface area (Å²) in [6.45, 7) is 2.00. The molecule has 1 aliphatic heterocycles. The van der Waals surface area contributed by atoms with Crippen molar-refractivity contribution < 1.29 is 47.6 Å². The standard InChI is InChI=1S/C32H36BrNO10/c1-21(36)43-29(30(39-2)31(37)34-26(20-42-32(34)38)23-12-7-4-8-13-23)28-16-25(33)27(44-28)14-9-15-40-19-24(17-35)41-18-22-10-5-3-6-11-22/h3-8,10-13,16,24,26,29-30,35H,9,14-15,17-20H2,1-2H3/t24-,26-,29-,30+/m1/s1. The smallest absolute Gasteiger partial charge is 0.417 e. The minimum atomic E-state index is -1.39. The lowest BCUT2D eigenvalue weighted by Crippen LogP contribution is -2.45. The number of ether oxygens (including phenoxy) is 5. The van der Waals surface area contributed by atoms with Crippen LogP contribution in [0.15, 0.2) is 75.6 Å². The quantitative estimate of drug-likeness (QED) is 0.165. The molecule has 2 amide bonds. The predicted molar refractivity (Wildman–Crippen MR) is 160 cm³/mol. The van der Waals surface area contributed by atoms with E-state index in [1.165, 1.54) is 14.0 Å². The zero-order valence-electron chi connectivity index (χ0n) is 24.6. The van der Waals surface area contributed by atoms with Crippen molar-refractivity contribution in [1.82, 2.24) is 4.90 Å². The van der Waals surface area contributed by atoms with E-state index < -0.39 is 42.3 Å². The van der Waals surface area contributed by atoms with Crippen LogP contribution in [0.2, 0.25) is 0 Å². The van der Waals surface area contributed by atoms with Gasteiger partial charge in [-0.15, -0.1) is 0 Å². The van der Waals surface area contributed by atoms with Crippen LogP contribution in [0, 0.1) is 0 Å². The molecule has 236 valence electrons. The van der Waals surface area contributed by atoms with E-state index in [0.29, 0.717) is 41.9 Å². The topological polar surface area (TPSA) is 134 Å². The molecule has 44 heavy (non-hydrogen) atoms. The molecular formula is C32H36BrNO10. The Morgan fingerprint density at radius 1 is 1.11 bits per heavy atom. The van der Waals surface area contributed by atoms with Crippen molar-refractivity contribution in [1.29, 1.82) is 0 Å². The highest BCUT2D eigenvalue weighted by Gasteiger charge is 2.46. The Morgan fingerprint density at radius 3 is 2.48 bits per heavy atom. The number of halogens is 1. The fourth-order valence-electron chi connectivity index (χ4n) is 4.75. The highest BCUT2D eigenvalue weighted by atomic mass is 79.9. The number of hydrogen-bond donors (Lipinski definition) is 1. The summed E-state index contributed by atoms with van der Waals surface area (Å²) >= 11 is 3.48. The summed E-state index contributed by atoms with van der Waals surface area (Å²) in [7, 11) is 1.29. The maximum Gasteiger partial charge on any atom is 0.417 e. The lowest BCUT2D eigenvalue weighted by atomic mass is 10.0. The van der Waals surface area contributed by atoms with Gasteiger partial charge >= 0.3 is 12.1 Å². The summed E-state index contributed by atoms with van der Waals surface area (Å²) in [6, 6.07) is 19.6. The van der Waals surface area contributed by atoms with Crippen molar-refractivity contribution in [2.45, 2.75) is 50.7 Å². The average molecular weight is 675 g/mol. The van der Waals surface area contributed by atoms with Crippen LogP contribution < -0.4 is 0 Å². The van der Waals surface area contributed by atoms with Crippen LogP contribution in [0.4, 0.5) is 4.79 Å². The normalized spacial score (nSPS) is 16.8. The summed E-state index contributed by atoms with van der Waals surface area (Å²) in [5.74, 6) is -0.680. The summed E-state index contributed by atoms with van der Waals surface area (Å²) < 4.78 is 34.3. The van der Waals surface area contributed by atoms with Gasteiger partial charge in [-0.25, -0.2) is 9.69 Å². The van der Waals surface area contributed by atoms with Crippen molar-refractivity contribution >= 4 is 33.9 Å². The van der Waals surface area contributed by atoms with Crippen LogP contribution in [0.3, 0.4) is 0 Å². The molecule has 4 atom stereocenters. The maximum absolute atomic E-state index is 13.7. The SMILES string of the molecule is CO[C@H](C(=O)N1C(=O)OC[C@@H]1c1ccccc1)[C@H](OC(C)=O)c1cc(Br)c(CCCOC[C@@H](CO)OCc2ccccc2)o1. The number of esters is 1. The number of cyclic esters (lactones) is 1. The highest BCUT2D eigenvalue weighted by molar-refractivity contribution is 9.10. The molecule has 0 unspecified atom stereocenters. The average Bonchev–Trinajstić information content (AvgIpc) is 3.60. The number of carbonyl (C=O) groups excluding carboxylic acids is 3. The lowest BCUT2D eigenvalue weighted by molar-refractivity contribution is -0.164. The van der Waals surface area contributed by atoms with Gasteiger partial charge in [-0.05, 0) is 39.5 Å². The van der Waals surface area contributed by atoms with Gasteiger partial charge < -0.3 is 33.2 Å². The lowest BCUT2D eigenvalue weighted by Gasteiger charge is -2.28. The Balaban J connectivity index is 1.37. The van der Waals surface area contributed by atoms with E-state index in [4.69, 9.17) is 28.1 Å². The third-order valence-electron chi connectivity index (χ3n) is 6.95. The first-order chi connectivity index (χ1) is 21.3. The van der Waals surface area contributed by atoms with Crippen LogP contribution >= 0.6 is 15.9 Å². The molecule has 0 radical (unpaired) electrons. The molecule has 4 rings (SSSR count). The van der Waals surface area contributed by atoms with E-state index in [9.17, 15) is 19.5 Å². The number of amides is 2. The number of nitrogens with zero attached hydrogens (tertiary/aromatic N) is 1. The summed E-state index contributed by atoms with van der Waals surface area (Å²) in [4.78, 5) is 39.4. The fraction of sp³-hybridized carbons (Fsp3) is 0.406. The number of furan rings is 1. The molecule has 0 bridgehead atoms. The number of methoxy groups -OCH3 is 1. The molecule has 1 aliphatic rings. The molecule has 1 N–H and O–H groups in total. The van der Waals surface area contributed by atoms with Gasteiger partial charge in [-0.1, -0.05) is 60.7 Å². The zero-order chi connectivity index (χ0) is 31.5. The van der Waals surface area contributed by atoms with Crippen molar-refractivity contribution in [3.05, 3.63) is 93.9 Å². The van der Waals surface area contributed by atoms with Gasteiger partial charge in [-0.3, -0.25) is 9.59 Å². The van der Waals surface area contributed by atoms with Gasteiger partial charge in [0.15, 0.2) is 12.2 Å². The van der Waals surface area contributed by atoms with Crippen LogP contribution in [0.1, 0.15) is 48.1 Å². The monoisotopic (exact) mass is 673 g/mol. The number of aryl methyl sites for hydroxylation is 1. The van der Waals surface area contributed by atoms with E-state index >= 15 is 0 Å². The van der Waals surface area contributed by atoms with E-state index in [-0.39, 0.29) is 25.6 Å². The molecule has 2 heterocycles. The van der Waals surface area contributed by atoms with Gasteiger partial charge in [0.1, 0.15) is 30.3 Å². The second-order valence-corrected chi connectivity index (χ2v) is 11.0.